The van der Waals surface area contributed by atoms with Crippen LogP contribution in [-0.4, -0.2) is 43.7 Å². The quantitative estimate of drug-likeness (QED) is 0.881. The van der Waals surface area contributed by atoms with Crippen LogP contribution in [0.25, 0.3) is 0 Å². The number of benzene rings is 1. The molecule has 0 unspecified atom stereocenters. The van der Waals surface area contributed by atoms with Crippen molar-refractivity contribution in [1.29, 1.82) is 0 Å². The molecule has 1 aromatic carbocycles. The van der Waals surface area contributed by atoms with Gasteiger partial charge in [0.15, 0.2) is 0 Å². The average Bonchev–Trinajstić information content (AvgIpc) is 2.46. The molecule has 4 nitrogen and oxygen atoms in total. The first-order chi connectivity index (χ1) is 9.28. The maximum Gasteiger partial charge on any atom is 0.225 e. The van der Waals surface area contributed by atoms with Crippen molar-refractivity contribution in [2.45, 2.75) is 19.8 Å². The van der Waals surface area contributed by atoms with Gasteiger partial charge in [-0.3, -0.25) is 9.69 Å². The molecule has 0 spiro atoms. The Balaban J connectivity index is 1.76. The lowest BCUT2D eigenvalue weighted by molar-refractivity contribution is -0.116. The molecule has 4 heteroatoms. The highest BCUT2D eigenvalue weighted by Gasteiger charge is 2.11. The van der Waals surface area contributed by atoms with Crippen molar-refractivity contribution in [3.8, 4) is 0 Å². The number of anilines is 1. The molecule has 1 saturated heterocycles. The summed E-state index contributed by atoms with van der Waals surface area (Å²) < 4.78 is 5.29. The maximum absolute atomic E-state index is 11.9. The van der Waals surface area contributed by atoms with Crippen LogP contribution in [0.15, 0.2) is 24.3 Å². The summed E-state index contributed by atoms with van der Waals surface area (Å²) in [6, 6.07) is 8.03. The van der Waals surface area contributed by atoms with E-state index in [0.29, 0.717) is 6.42 Å². The van der Waals surface area contributed by atoms with Crippen molar-refractivity contribution >= 4 is 11.6 Å². The average molecular weight is 262 g/mol. The number of nitrogens with zero attached hydrogens (tertiary/aromatic N) is 1. The highest BCUT2D eigenvalue weighted by molar-refractivity contribution is 5.90. The second-order valence-electron chi connectivity index (χ2n) is 4.81. The van der Waals surface area contributed by atoms with E-state index in [0.717, 1.165) is 45.0 Å². The normalized spacial score (nSPS) is 16.3. The van der Waals surface area contributed by atoms with Crippen LogP contribution in [0, 0.1) is 0 Å². The van der Waals surface area contributed by atoms with Crippen molar-refractivity contribution in [3.05, 3.63) is 29.8 Å². The van der Waals surface area contributed by atoms with Crippen LogP contribution in [0.3, 0.4) is 0 Å². The van der Waals surface area contributed by atoms with Crippen molar-refractivity contribution in [2.24, 2.45) is 0 Å². The molecule has 1 N–H and O–H groups in total. The van der Waals surface area contributed by atoms with Gasteiger partial charge in [0.2, 0.25) is 5.91 Å². The molecule has 0 saturated carbocycles. The second-order valence-corrected chi connectivity index (χ2v) is 4.81. The lowest BCUT2D eigenvalue weighted by Gasteiger charge is -2.26. The Morgan fingerprint density at radius 3 is 2.89 bits per heavy atom. The van der Waals surface area contributed by atoms with E-state index in [1.54, 1.807) is 0 Å². The monoisotopic (exact) mass is 262 g/mol. The molecular formula is C15H22N2O2. The van der Waals surface area contributed by atoms with Gasteiger partial charge >= 0.3 is 0 Å². The first-order valence-corrected chi connectivity index (χ1v) is 6.97. The first-order valence-electron chi connectivity index (χ1n) is 6.97. The molecule has 0 atom stereocenters. The number of morpholine rings is 1. The SMILES string of the molecule is CCc1cccc(NC(=O)CCN2CCOCC2)c1. The Morgan fingerprint density at radius 2 is 2.16 bits per heavy atom. The highest BCUT2D eigenvalue weighted by atomic mass is 16.5. The minimum absolute atomic E-state index is 0.0831. The number of carbonyl (C=O) groups is 1. The minimum atomic E-state index is 0.0831. The van der Waals surface area contributed by atoms with Gasteiger partial charge in [0.25, 0.3) is 0 Å². The number of aryl methyl sites for hydroxylation is 1. The van der Waals surface area contributed by atoms with Gasteiger partial charge in [0, 0.05) is 31.7 Å². The lowest BCUT2D eigenvalue weighted by Crippen LogP contribution is -2.38. The predicted octanol–water partition coefficient (Wildman–Crippen LogP) is 1.91. The van der Waals surface area contributed by atoms with Crippen molar-refractivity contribution in [3.63, 3.8) is 0 Å². The molecule has 0 radical (unpaired) electrons. The van der Waals surface area contributed by atoms with Gasteiger partial charge in [0.05, 0.1) is 13.2 Å². The van der Waals surface area contributed by atoms with Crippen LogP contribution < -0.4 is 5.32 Å². The molecule has 1 heterocycles. The third kappa shape index (κ3) is 4.65. The zero-order valence-corrected chi connectivity index (χ0v) is 11.5. The van der Waals surface area contributed by atoms with E-state index < -0.39 is 0 Å². The predicted molar refractivity (Wildman–Crippen MR) is 76.3 cm³/mol. The molecule has 1 aromatic rings. The van der Waals surface area contributed by atoms with Crippen molar-refractivity contribution < 1.29 is 9.53 Å². The van der Waals surface area contributed by atoms with Gasteiger partial charge < -0.3 is 10.1 Å². The van der Waals surface area contributed by atoms with E-state index in [-0.39, 0.29) is 5.91 Å². The lowest BCUT2D eigenvalue weighted by atomic mass is 10.1. The van der Waals surface area contributed by atoms with Crippen LogP contribution in [0.1, 0.15) is 18.9 Å². The molecule has 0 bridgehead atoms. The summed E-state index contributed by atoms with van der Waals surface area (Å²) in [6.07, 6.45) is 1.52. The summed E-state index contributed by atoms with van der Waals surface area (Å²) in [6.45, 7) is 6.33. The summed E-state index contributed by atoms with van der Waals surface area (Å²) in [5.74, 6) is 0.0831. The largest absolute Gasteiger partial charge is 0.379 e. The standard InChI is InChI=1S/C15H22N2O2/c1-2-13-4-3-5-14(12-13)16-15(18)6-7-17-8-10-19-11-9-17/h3-5,12H,2,6-11H2,1H3,(H,16,18). The molecule has 1 aliphatic heterocycles. The van der Waals surface area contributed by atoms with E-state index in [1.165, 1.54) is 5.56 Å². The molecule has 0 aliphatic carbocycles. The van der Waals surface area contributed by atoms with Crippen LogP contribution in [0.2, 0.25) is 0 Å². The fourth-order valence-corrected chi connectivity index (χ4v) is 2.18. The summed E-state index contributed by atoms with van der Waals surface area (Å²) in [5, 5.41) is 2.96. The number of carbonyl (C=O) groups excluding carboxylic acids is 1. The summed E-state index contributed by atoms with van der Waals surface area (Å²) in [4.78, 5) is 14.2. The molecular weight excluding hydrogens is 240 g/mol. The summed E-state index contributed by atoms with van der Waals surface area (Å²) >= 11 is 0. The Kier molecular flexibility index (Phi) is 5.36. The number of ether oxygens (including phenoxy) is 1. The molecule has 1 fully saturated rings. The van der Waals surface area contributed by atoms with E-state index >= 15 is 0 Å². The number of hydrogen-bond acceptors (Lipinski definition) is 3. The van der Waals surface area contributed by atoms with Crippen LogP contribution >= 0.6 is 0 Å². The molecule has 104 valence electrons. The Labute approximate surface area is 114 Å². The molecule has 0 aromatic heterocycles. The fraction of sp³-hybridized carbons (Fsp3) is 0.533. The Bertz CT molecular complexity index is 414. The van der Waals surface area contributed by atoms with E-state index in [4.69, 9.17) is 4.74 Å². The fourth-order valence-electron chi connectivity index (χ4n) is 2.18. The Morgan fingerprint density at radius 1 is 1.37 bits per heavy atom. The van der Waals surface area contributed by atoms with Gasteiger partial charge in [-0.15, -0.1) is 0 Å². The minimum Gasteiger partial charge on any atom is -0.379 e. The first kappa shape index (κ1) is 14.0. The third-order valence-corrected chi connectivity index (χ3v) is 3.38. The van der Waals surface area contributed by atoms with Crippen LogP contribution in [0.5, 0.6) is 0 Å². The van der Waals surface area contributed by atoms with Gasteiger partial charge in [-0.2, -0.15) is 0 Å². The topological polar surface area (TPSA) is 41.6 Å². The van der Waals surface area contributed by atoms with Gasteiger partial charge in [-0.05, 0) is 24.1 Å². The van der Waals surface area contributed by atoms with Crippen molar-refractivity contribution in [1.82, 2.24) is 4.90 Å². The number of nitrogens with one attached hydrogen (secondary N) is 1. The third-order valence-electron chi connectivity index (χ3n) is 3.38. The van der Waals surface area contributed by atoms with E-state index in [1.807, 2.05) is 18.2 Å². The Hall–Kier alpha value is -1.39. The van der Waals surface area contributed by atoms with Gasteiger partial charge in [-0.25, -0.2) is 0 Å². The van der Waals surface area contributed by atoms with Gasteiger partial charge in [0.1, 0.15) is 0 Å². The summed E-state index contributed by atoms with van der Waals surface area (Å²) in [5.41, 5.74) is 2.14. The zero-order valence-electron chi connectivity index (χ0n) is 11.5. The zero-order chi connectivity index (χ0) is 13.5. The maximum atomic E-state index is 11.9. The molecule has 19 heavy (non-hydrogen) atoms. The van der Waals surface area contributed by atoms with Gasteiger partial charge in [-0.1, -0.05) is 19.1 Å². The number of hydrogen-bond donors (Lipinski definition) is 1. The van der Waals surface area contributed by atoms with Crippen LogP contribution in [0.4, 0.5) is 5.69 Å². The van der Waals surface area contributed by atoms with E-state index in [9.17, 15) is 4.79 Å². The van der Waals surface area contributed by atoms with E-state index in [2.05, 4.69) is 23.2 Å². The number of rotatable bonds is 5. The highest BCUT2D eigenvalue weighted by Crippen LogP contribution is 2.11. The number of amides is 1. The molecule has 1 aliphatic rings. The molecule has 2 rings (SSSR count). The van der Waals surface area contributed by atoms with Crippen LogP contribution in [-0.2, 0) is 16.0 Å². The second kappa shape index (κ2) is 7.26. The smallest absolute Gasteiger partial charge is 0.225 e. The summed E-state index contributed by atoms with van der Waals surface area (Å²) in [7, 11) is 0. The molecule has 1 amide bonds. The van der Waals surface area contributed by atoms with Crippen molar-refractivity contribution in [2.75, 3.05) is 38.2 Å².